The normalized spacial score (nSPS) is 11.1. The van der Waals surface area contributed by atoms with E-state index in [1.807, 2.05) is 13.8 Å². The van der Waals surface area contributed by atoms with Gasteiger partial charge in [0.25, 0.3) is 0 Å². The summed E-state index contributed by atoms with van der Waals surface area (Å²) in [5, 5.41) is 0. The van der Waals surface area contributed by atoms with Gasteiger partial charge in [-0.25, -0.2) is 0 Å². The zero-order valence-electron chi connectivity index (χ0n) is 8.18. The molecular formula is C10H20O. The van der Waals surface area contributed by atoms with E-state index in [2.05, 4.69) is 13.8 Å². The highest BCUT2D eigenvalue weighted by Crippen LogP contribution is 2.15. The molecule has 0 saturated carbocycles. The lowest BCUT2D eigenvalue weighted by atomic mass is 9.93. The first-order valence-corrected chi connectivity index (χ1v) is 4.64. The highest BCUT2D eigenvalue weighted by atomic mass is 16.1. The van der Waals surface area contributed by atoms with Gasteiger partial charge in [0.05, 0.1) is 0 Å². The van der Waals surface area contributed by atoms with E-state index in [0.717, 1.165) is 19.3 Å². The van der Waals surface area contributed by atoms with Gasteiger partial charge in [0.2, 0.25) is 0 Å². The van der Waals surface area contributed by atoms with E-state index in [-0.39, 0.29) is 5.92 Å². The van der Waals surface area contributed by atoms with Gasteiger partial charge in [0.15, 0.2) is 0 Å². The van der Waals surface area contributed by atoms with E-state index in [4.69, 9.17) is 0 Å². The topological polar surface area (TPSA) is 17.1 Å². The number of carbonyl (C=O) groups is 1. The fourth-order valence-electron chi connectivity index (χ4n) is 1.10. The summed E-state index contributed by atoms with van der Waals surface area (Å²) in [5.74, 6) is 1.25. The van der Waals surface area contributed by atoms with Crippen molar-refractivity contribution in [3.8, 4) is 0 Å². The summed E-state index contributed by atoms with van der Waals surface area (Å²) >= 11 is 0. The Labute approximate surface area is 70.2 Å². The van der Waals surface area contributed by atoms with Gasteiger partial charge >= 0.3 is 0 Å². The minimum Gasteiger partial charge on any atom is -0.299 e. The summed E-state index contributed by atoms with van der Waals surface area (Å²) in [6, 6.07) is 0. The van der Waals surface area contributed by atoms with E-state index in [0.29, 0.717) is 11.7 Å². The molecule has 0 aliphatic heterocycles. The first-order valence-electron chi connectivity index (χ1n) is 4.64. The van der Waals surface area contributed by atoms with Crippen molar-refractivity contribution in [3.63, 3.8) is 0 Å². The lowest BCUT2D eigenvalue weighted by Crippen LogP contribution is -2.12. The smallest absolute Gasteiger partial charge is 0.135 e. The van der Waals surface area contributed by atoms with Crippen LogP contribution in [-0.2, 0) is 4.79 Å². The zero-order chi connectivity index (χ0) is 8.85. The molecule has 0 rings (SSSR count). The van der Waals surface area contributed by atoms with E-state index in [9.17, 15) is 4.79 Å². The van der Waals surface area contributed by atoms with Gasteiger partial charge in [-0.1, -0.05) is 40.5 Å². The Morgan fingerprint density at radius 2 is 1.64 bits per heavy atom. The van der Waals surface area contributed by atoms with Gasteiger partial charge in [-0.2, -0.15) is 0 Å². The maximum Gasteiger partial charge on any atom is 0.135 e. The minimum absolute atomic E-state index is 0.218. The molecule has 0 amide bonds. The van der Waals surface area contributed by atoms with E-state index >= 15 is 0 Å². The van der Waals surface area contributed by atoms with E-state index in [1.165, 1.54) is 0 Å². The summed E-state index contributed by atoms with van der Waals surface area (Å²) in [5.41, 5.74) is 0. The standard InChI is InChI=1S/C10H20O/c1-5-9(6-2)7-10(11)8(3)4/h8-9H,5-7H2,1-4H3. The largest absolute Gasteiger partial charge is 0.299 e. The third kappa shape index (κ3) is 4.18. The van der Waals surface area contributed by atoms with Crippen LogP contribution in [0, 0.1) is 11.8 Å². The van der Waals surface area contributed by atoms with Crippen molar-refractivity contribution >= 4 is 5.78 Å². The molecule has 0 unspecified atom stereocenters. The Morgan fingerprint density at radius 3 is 1.91 bits per heavy atom. The molecule has 66 valence electrons. The molecule has 0 spiro atoms. The summed E-state index contributed by atoms with van der Waals surface area (Å²) < 4.78 is 0. The van der Waals surface area contributed by atoms with Crippen molar-refractivity contribution in [2.45, 2.75) is 47.0 Å². The van der Waals surface area contributed by atoms with Crippen LogP contribution in [0.25, 0.3) is 0 Å². The van der Waals surface area contributed by atoms with Crippen molar-refractivity contribution in [2.24, 2.45) is 11.8 Å². The maximum atomic E-state index is 11.3. The van der Waals surface area contributed by atoms with Crippen LogP contribution < -0.4 is 0 Å². The highest BCUT2D eigenvalue weighted by molar-refractivity contribution is 5.80. The molecule has 0 bridgehead atoms. The van der Waals surface area contributed by atoms with Crippen molar-refractivity contribution in [3.05, 3.63) is 0 Å². The quantitative estimate of drug-likeness (QED) is 0.598. The number of Topliss-reactive ketones (excluding diaryl/α,β-unsaturated/α-hetero) is 1. The van der Waals surface area contributed by atoms with Crippen LogP contribution in [0.3, 0.4) is 0 Å². The van der Waals surface area contributed by atoms with Crippen LogP contribution in [0.2, 0.25) is 0 Å². The van der Waals surface area contributed by atoms with Crippen molar-refractivity contribution in [1.82, 2.24) is 0 Å². The van der Waals surface area contributed by atoms with Crippen LogP contribution in [-0.4, -0.2) is 5.78 Å². The molecule has 0 N–H and O–H groups in total. The lowest BCUT2D eigenvalue weighted by molar-refractivity contribution is -0.122. The van der Waals surface area contributed by atoms with Gasteiger partial charge in [0, 0.05) is 12.3 Å². The van der Waals surface area contributed by atoms with Crippen LogP contribution in [0.1, 0.15) is 47.0 Å². The van der Waals surface area contributed by atoms with Gasteiger partial charge in [-0.3, -0.25) is 4.79 Å². The zero-order valence-corrected chi connectivity index (χ0v) is 8.18. The molecular weight excluding hydrogens is 136 g/mol. The van der Waals surface area contributed by atoms with E-state index in [1.54, 1.807) is 0 Å². The predicted octanol–water partition coefficient (Wildman–Crippen LogP) is 3.04. The first kappa shape index (κ1) is 10.7. The third-order valence-electron chi connectivity index (χ3n) is 2.29. The molecule has 0 fully saturated rings. The highest BCUT2D eigenvalue weighted by Gasteiger charge is 2.12. The maximum absolute atomic E-state index is 11.3. The summed E-state index contributed by atoms with van der Waals surface area (Å²) in [6.45, 7) is 8.26. The van der Waals surface area contributed by atoms with Crippen LogP contribution >= 0.6 is 0 Å². The Balaban J connectivity index is 3.72. The van der Waals surface area contributed by atoms with Gasteiger partial charge < -0.3 is 0 Å². The molecule has 0 aliphatic carbocycles. The number of ketones is 1. The summed E-state index contributed by atoms with van der Waals surface area (Å²) in [4.78, 5) is 11.3. The Bertz CT molecular complexity index is 112. The molecule has 0 aromatic rings. The molecule has 0 saturated heterocycles. The Kier molecular flexibility index (Phi) is 5.18. The molecule has 0 aliphatic rings. The molecule has 11 heavy (non-hydrogen) atoms. The molecule has 1 heteroatoms. The molecule has 0 radical (unpaired) electrons. The average molecular weight is 156 g/mol. The van der Waals surface area contributed by atoms with Crippen LogP contribution in [0.5, 0.6) is 0 Å². The van der Waals surface area contributed by atoms with E-state index < -0.39 is 0 Å². The lowest BCUT2D eigenvalue weighted by Gasteiger charge is -2.12. The third-order valence-corrected chi connectivity index (χ3v) is 2.29. The first-order chi connectivity index (χ1) is 5.11. The minimum atomic E-state index is 0.218. The number of carbonyl (C=O) groups excluding carboxylic acids is 1. The average Bonchev–Trinajstić information content (AvgIpc) is 1.99. The SMILES string of the molecule is CCC(CC)CC(=O)C(C)C. The second-order valence-electron chi connectivity index (χ2n) is 3.51. The van der Waals surface area contributed by atoms with Crippen LogP contribution in [0.4, 0.5) is 0 Å². The van der Waals surface area contributed by atoms with Crippen molar-refractivity contribution in [1.29, 1.82) is 0 Å². The monoisotopic (exact) mass is 156 g/mol. The molecule has 0 atom stereocenters. The van der Waals surface area contributed by atoms with Crippen LogP contribution in [0.15, 0.2) is 0 Å². The number of rotatable bonds is 5. The predicted molar refractivity (Wildman–Crippen MR) is 48.5 cm³/mol. The summed E-state index contributed by atoms with van der Waals surface area (Å²) in [7, 11) is 0. The molecule has 0 aromatic heterocycles. The summed E-state index contributed by atoms with van der Waals surface area (Å²) in [6.07, 6.45) is 3.05. The number of hydrogen-bond donors (Lipinski definition) is 0. The van der Waals surface area contributed by atoms with Gasteiger partial charge in [-0.05, 0) is 5.92 Å². The van der Waals surface area contributed by atoms with Gasteiger partial charge in [-0.15, -0.1) is 0 Å². The molecule has 0 aromatic carbocycles. The Morgan fingerprint density at radius 1 is 1.18 bits per heavy atom. The molecule has 0 heterocycles. The molecule has 1 nitrogen and oxygen atoms in total. The second kappa shape index (κ2) is 5.34. The second-order valence-corrected chi connectivity index (χ2v) is 3.51. The fourth-order valence-corrected chi connectivity index (χ4v) is 1.10. The van der Waals surface area contributed by atoms with Gasteiger partial charge in [0.1, 0.15) is 5.78 Å². The van der Waals surface area contributed by atoms with Crippen molar-refractivity contribution in [2.75, 3.05) is 0 Å². The van der Waals surface area contributed by atoms with Crippen molar-refractivity contribution < 1.29 is 4.79 Å². The Hall–Kier alpha value is -0.330. The number of hydrogen-bond acceptors (Lipinski definition) is 1. The fraction of sp³-hybridized carbons (Fsp3) is 0.900.